The van der Waals surface area contributed by atoms with E-state index in [4.69, 9.17) is 14.6 Å². The molecule has 2 N–H and O–H groups in total. The van der Waals surface area contributed by atoms with Crippen molar-refractivity contribution in [1.29, 1.82) is 5.26 Å². The quantitative estimate of drug-likeness (QED) is 0.296. The van der Waals surface area contributed by atoms with Crippen molar-refractivity contribution in [3.63, 3.8) is 0 Å². The number of aryl methyl sites for hydroxylation is 1. The molecule has 0 bridgehead atoms. The van der Waals surface area contributed by atoms with Gasteiger partial charge >= 0.3 is 5.97 Å². The molecule has 0 spiro atoms. The number of nitriles is 1. The summed E-state index contributed by atoms with van der Waals surface area (Å²) < 4.78 is 11.9. The molecule has 0 heterocycles. The summed E-state index contributed by atoms with van der Waals surface area (Å²) in [4.78, 5) is 23.6. The van der Waals surface area contributed by atoms with Crippen LogP contribution in [-0.4, -0.2) is 24.1 Å². The first-order valence-corrected chi connectivity index (χ1v) is 10.9. The van der Waals surface area contributed by atoms with Crippen LogP contribution in [-0.2, 0) is 11.4 Å². The summed E-state index contributed by atoms with van der Waals surface area (Å²) in [5.74, 6) is -0.681. The number of halogens is 1. The molecule has 0 aromatic heterocycles. The summed E-state index contributed by atoms with van der Waals surface area (Å²) in [6.07, 6.45) is 1.46. The van der Waals surface area contributed by atoms with Gasteiger partial charge in [0.1, 0.15) is 18.2 Å². The number of ether oxygens (including phenoxy) is 2. The number of amides is 1. The number of hydrogen-bond acceptors (Lipinski definition) is 5. The fourth-order valence-electron chi connectivity index (χ4n) is 3.01. The van der Waals surface area contributed by atoms with Crippen LogP contribution in [0.5, 0.6) is 11.5 Å². The van der Waals surface area contributed by atoms with Gasteiger partial charge < -0.3 is 19.9 Å². The molecule has 0 aliphatic carbocycles. The summed E-state index contributed by atoms with van der Waals surface area (Å²) in [6, 6.07) is 18.9. The molecule has 34 heavy (non-hydrogen) atoms. The third kappa shape index (κ3) is 6.24. The van der Waals surface area contributed by atoms with E-state index in [1.165, 1.54) is 25.3 Å². The van der Waals surface area contributed by atoms with E-state index in [0.29, 0.717) is 27.2 Å². The van der Waals surface area contributed by atoms with Gasteiger partial charge in [-0.2, -0.15) is 5.26 Å². The zero-order valence-electron chi connectivity index (χ0n) is 18.5. The Morgan fingerprint density at radius 3 is 2.38 bits per heavy atom. The van der Waals surface area contributed by atoms with Crippen molar-refractivity contribution in [2.45, 2.75) is 13.5 Å². The molecule has 172 valence electrons. The Kier molecular flexibility index (Phi) is 8.06. The van der Waals surface area contributed by atoms with Crippen LogP contribution in [0.2, 0.25) is 0 Å². The minimum absolute atomic E-state index is 0.0679. The molecule has 0 atom stereocenters. The topological polar surface area (TPSA) is 109 Å². The number of nitrogens with one attached hydrogen (secondary N) is 1. The van der Waals surface area contributed by atoms with Gasteiger partial charge in [-0.3, -0.25) is 4.79 Å². The van der Waals surface area contributed by atoms with Crippen LogP contribution in [0, 0.1) is 18.3 Å². The number of aromatic carboxylic acids is 1. The average molecular weight is 521 g/mol. The summed E-state index contributed by atoms with van der Waals surface area (Å²) >= 11 is 3.46. The number of carboxylic acid groups (broad SMARTS) is 1. The predicted octanol–water partition coefficient (Wildman–Crippen LogP) is 5.59. The van der Waals surface area contributed by atoms with Crippen molar-refractivity contribution in [1.82, 2.24) is 0 Å². The normalized spacial score (nSPS) is 10.8. The number of anilines is 1. The number of benzene rings is 3. The smallest absolute Gasteiger partial charge is 0.335 e. The first-order valence-electron chi connectivity index (χ1n) is 10.1. The van der Waals surface area contributed by atoms with Crippen LogP contribution >= 0.6 is 15.9 Å². The Hall–Kier alpha value is -4.09. The van der Waals surface area contributed by atoms with Gasteiger partial charge in [-0.05, 0) is 76.5 Å². The lowest BCUT2D eigenvalue weighted by Crippen LogP contribution is -2.13. The zero-order chi connectivity index (χ0) is 24.7. The first-order chi connectivity index (χ1) is 16.3. The molecule has 0 saturated carbocycles. The van der Waals surface area contributed by atoms with Crippen molar-refractivity contribution in [3.8, 4) is 17.6 Å². The molecule has 8 heteroatoms. The van der Waals surface area contributed by atoms with Gasteiger partial charge in [-0.1, -0.05) is 29.8 Å². The van der Waals surface area contributed by atoms with Crippen molar-refractivity contribution in [2.24, 2.45) is 0 Å². The van der Waals surface area contributed by atoms with Gasteiger partial charge in [-0.15, -0.1) is 0 Å². The number of carbonyl (C=O) groups is 2. The summed E-state index contributed by atoms with van der Waals surface area (Å²) in [5.41, 5.74) is 3.13. The largest absolute Gasteiger partial charge is 0.493 e. The maximum absolute atomic E-state index is 12.6. The lowest BCUT2D eigenvalue weighted by atomic mass is 10.1. The Morgan fingerprint density at radius 1 is 1.12 bits per heavy atom. The minimum Gasteiger partial charge on any atom is -0.493 e. The molecular formula is C26H21BrN2O5. The van der Waals surface area contributed by atoms with Crippen LogP contribution in [0.4, 0.5) is 5.69 Å². The third-order valence-corrected chi connectivity index (χ3v) is 5.41. The van der Waals surface area contributed by atoms with E-state index in [9.17, 15) is 14.9 Å². The third-order valence-electron chi connectivity index (χ3n) is 4.82. The predicted molar refractivity (Wildman–Crippen MR) is 132 cm³/mol. The monoisotopic (exact) mass is 520 g/mol. The summed E-state index contributed by atoms with van der Waals surface area (Å²) in [7, 11) is 1.49. The molecule has 0 aliphatic heterocycles. The highest BCUT2D eigenvalue weighted by Gasteiger charge is 2.14. The molecule has 0 radical (unpaired) electrons. The van der Waals surface area contributed by atoms with E-state index in [1.807, 2.05) is 25.1 Å². The number of nitrogens with zero attached hydrogens (tertiary/aromatic N) is 1. The second-order valence-corrected chi connectivity index (χ2v) is 8.17. The van der Waals surface area contributed by atoms with Gasteiger partial charge in [0.25, 0.3) is 5.91 Å². The maximum Gasteiger partial charge on any atom is 0.335 e. The van der Waals surface area contributed by atoms with Crippen molar-refractivity contribution >= 4 is 39.6 Å². The molecule has 7 nitrogen and oxygen atoms in total. The SMILES string of the molecule is COc1cc(/C=C(\C#N)C(=O)Nc2ccc(C)cc2)cc(Br)c1OCc1ccc(C(=O)O)cc1. The second-order valence-electron chi connectivity index (χ2n) is 7.31. The maximum atomic E-state index is 12.6. The van der Waals surface area contributed by atoms with Crippen LogP contribution in [0.1, 0.15) is 27.0 Å². The average Bonchev–Trinajstić information content (AvgIpc) is 2.83. The molecule has 0 fully saturated rings. The minimum atomic E-state index is -0.996. The molecule has 3 rings (SSSR count). The van der Waals surface area contributed by atoms with Crippen molar-refractivity contribution in [2.75, 3.05) is 12.4 Å². The Bertz CT molecular complexity index is 1280. The fourth-order valence-corrected chi connectivity index (χ4v) is 3.59. The highest BCUT2D eigenvalue weighted by molar-refractivity contribution is 9.10. The van der Waals surface area contributed by atoms with Crippen molar-refractivity contribution in [3.05, 3.63) is 93.0 Å². The van der Waals surface area contributed by atoms with E-state index in [0.717, 1.165) is 11.1 Å². The highest BCUT2D eigenvalue weighted by Crippen LogP contribution is 2.37. The van der Waals surface area contributed by atoms with Gasteiger partial charge in [0.05, 0.1) is 17.1 Å². The Morgan fingerprint density at radius 2 is 1.79 bits per heavy atom. The number of carbonyl (C=O) groups excluding carboxylic acids is 1. The molecule has 3 aromatic carbocycles. The number of rotatable bonds is 8. The van der Waals surface area contributed by atoms with Gasteiger partial charge in [0, 0.05) is 5.69 Å². The molecule has 3 aromatic rings. The highest BCUT2D eigenvalue weighted by atomic mass is 79.9. The van der Waals surface area contributed by atoms with E-state index < -0.39 is 11.9 Å². The van der Waals surface area contributed by atoms with Crippen LogP contribution < -0.4 is 14.8 Å². The Labute approximate surface area is 205 Å². The summed E-state index contributed by atoms with van der Waals surface area (Å²) in [5, 5.41) is 21.2. The number of hydrogen-bond donors (Lipinski definition) is 2. The van der Waals surface area contributed by atoms with Crippen LogP contribution in [0.25, 0.3) is 6.08 Å². The zero-order valence-corrected chi connectivity index (χ0v) is 20.0. The lowest BCUT2D eigenvalue weighted by molar-refractivity contribution is -0.112. The lowest BCUT2D eigenvalue weighted by Gasteiger charge is -2.14. The standard InChI is InChI=1S/C26H21BrN2O5/c1-16-3-9-21(10-4-16)29-25(30)20(14-28)11-18-12-22(27)24(23(13-18)33-2)34-15-17-5-7-19(8-6-17)26(31)32/h3-13H,15H2,1-2H3,(H,29,30)(H,31,32)/b20-11+. The van der Waals surface area contributed by atoms with E-state index in [-0.39, 0.29) is 17.7 Å². The van der Waals surface area contributed by atoms with Crippen LogP contribution in [0.15, 0.2) is 70.7 Å². The fraction of sp³-hybridized carbons (Fsp3) is 0.115. The van der Waals surface area contributed by atoms with E-state index >= 15 is 0 Å². The number of methoxy groups -OCH3 is 1. The second kappa shape index (κ2) is 11.2. The van der Waals surface area contributed by atoms with Gasteiger partial charge in [0.2, 0.25) is 0 Å². The van der Waals surface area contributed by atoms with E-state index in [2.05, 4.69) is 21.2 Å². The molecule has 1 amide bonds. The van der Waals surface area contributed by atoms with Gasteiger partial charge in [0.15, 0.2) is 11.5 Å². The number of carboxylic acids is 1. The molecule has 0 saturated heterocycles. The van der Waals surface area contributed by atoms with Crippen molar-refractivity contribution < 1.29 is 24.2 Å². The molecule has 0 unspecified atom stereocenters. The van der Waals surface area contributed by atoms with E-state index in [1.54, 1.807) is 36.4 Å². The Balaban J connectivity index is 1.78. The molecule has 0 aliphatic rings. The first kappa shape index (κ1) is 24.6. The van der Waals surface area contributed by atoms with Gasteiger partial charge in [-0.25, -0.2) is 4.79 Å². The summed E-state index contributed by atoms with van der Waals surface area (Å²) in [6.45, 7) is 2.13. The van der Waals surface area contributed by atoms with Crippen LogP contribution in [0.3, 0.4) is 0 Å². The molecular weight excluding hydrogens is 500 g/mol.